The van der Waals surface area contributed by atoms with Crippen molar-refractivity contribution in [3.8, 4) is 0 Å². The fraction of sp³-hybridized carbons (Fsp3) is 0.300. The summed E-state index contributed by atoms with van der Waals surface area (Å²) >= 11 is 0. The SMILES string of the molecule is C/C=C(\NOCC)c1cccnc1S(N)(=O)=O. The van der Waals surface area contributed by atoms with Crippen LogP contribution in [0, 0.1) is 0 Å². The van der Waals surface area contributed by atoms with E-state index >= 15 is 0 Å². The summed E-state index contributed by atoms with van der Waals surface area (Å²) in [4.78, 5) is 8.80. The van der Waals surface area contributed by atoms with Gasteiger partial charge in [0.2, 0.25) is 0 Å². The van der Waals surface area contributed by atoms with Crippen molar-refractivity contribution in [1.29, 1.82) is 0 Å². The van der Waals surface area contributed by atoms with Crippen molar-refractivity contribution in [3.63, 3.8) is 0 Å². The van der Waals surface area contributed by atoms with Gasteiger partial charge in [-0.25, -0.2) is 18.5 Å². The Kier molecular flexibility index (Phi) is 4.62. The number of allylic oxidation sites excluding steroid dienone is 1. The molecule has 0 saturated heterocycles. The maximum Gasteiger partial charge on any atom is 0.256 e. The molecule has 1 aromatic rings. The van der Waals surface area contributed by atoms with Gasteiger partial charge in [-0.3, -0.25) is 10.3 Å². The maximum absolute atomic E-state index is 11.4. The standard InChI is InChI=1S/C10H15N3O3S/c1-3-9(13-16-4-2)8-6-5-7-12-10(8)17(11,14)15/h3,5-7,13H,4H2,1-2H3,(H2,11,14,15)/b9-3-. The van der Waals surface area contributed by atoms with Crippen LogP contribution in [0.15, 0.2) is 29.4 Å². The molecule has 7 heteroatoms. The van der Waals surface area contributed by atoms with Gasteiger partial charge in [0.05, 0.1) is 12.3 Å². The lowest BCUT2D eigenvalue weighted by atomic mass is 10.2. The first-order valence-electron chi connectivity index (χ1n) is 5.03. The third-order valence-electron chi connectivity index (χ3n) is 1.95. The molecule has 1 heterocycles. The van der Waals surface area contributed by atoms with E-state index in [4.69, 9.17) is 9.98 Å². The molecule has 0 spiro atoms. The second-order valence-electron chi connectivity index (χ2n) is 3.14. The molecule has 17 heavy (non-hydrogen) atoms. The van der Waals surface area contributed by atoms with Gasteiger partial charge >= 0.3 is 0 Å². The van der Waals surface area contributed by atoms with Crippen LogP contribution >= 0.6 is 0 Å². The lowest BCUT2D eigenvalue weighted by Gasteiger charge is -2.12. The van der Waals surface area contributed by atoms with E-state index in [1.807, 2.05) is 6.92 Å². The second kappa shape index (κ2) is 5.76. The molecule has 0 radical (unpaired) electrons. The number of sulfonamides is 1. The molecule has 1 rings (SSSR count). The number of nitrogens with one attached hydrogen (secondary N) is 1. The van der Waals surface area contributed by atoms with Crippen molar-refractivity contribution in [1.82, 2.24) is 10.5 Å². The van der Waals surface area contributed by atoms with E-state index in [0.29, 0.717) is 17.9 Å². The number of nitrogens with two attached hydrogens (primary N) is 1. The van der Waals surface area contributed by atoms with Gasteiger partial charge < -0.3 is 0 Å². The quantitative estimate of drug-likeness (QED) is 0.754. The molecule has 6 nitrogen and oxygen atoms in total. The number of hydrogen-bond acceptors (Lipinski definition) is 5. The fourth-order valence-corrected chi connectivity index (χ4v) is 1.93. The maximum atomic E-state index is 11.4. The van der Waals surface area contributed by atoms with Gasteiger partial charge in [-0.15, -0.1) is 0 Å². The molecule has 0 atom stereocenters. The molecule has 0 aliphatic rings. The average molecular weight is 257 g/mol. The summed E-state index contributed by atoms with van der Waals surface area (Å²) in [6.45, 7) is 4.01. The fourth-order valence-electron chi connectivity index (χ4n) is 1.24. The molecule has 0 aliphatic heterocycles. The van der Waals surface area contributed by atoms with Crippen LogP contribution in [0.1, 0.15) is 19.4 Å². The number of primary sulfonamides is 1. The van der Waals surface area contributed by atoms with Crippen molar-refractivity contribution >= 4 is 15.7 Å². The van der Waals surface area contributed by atoms with Crippen LogP contribution in [0.5, 0.6) is 0 Å². The van der Waals surface area contributed by atoms with E-state index in [9.17, 15) is 8.42 Å². The Morgan fingerprint density at radius 3 is 2.88 bits per heavy atom. The van der Waals surface area contributed by atoms with Gasteiger partial charge in [-0.2, -0.15) is 0 Å². The minimum absolute atomic E-state index is 0.180. The predicted molar refractivity (Wildman–Crippen MR) is 64.0 cm³/mol. The third kappa shape index (κ3) is 3.52. The number of hydrogen-bond donors (Lipinski definition) is 2. The van der Waals surface area contributed by atoms with Crippen LogP contribution in [0.3, 0.4) is 0 Å². The monoisotopic (exact) mass is 257 g/mol. The first-order valence-corrected chi connectivity index (χ1v) is 6.57. The van der Waals surface area contributed by atoms with E-state index in [1.54, 1.807) is 25.1 Å². The second-order valence-corrected chi connectivity index (χ2v) is 4.62. The molecular formula is C10H15N3O3S. The summed E-state index contributed by atoms with van der Waals surface area (Å²) < 4.78 is 22.7. The van der Waals surface area contributed by atoms with Gasteiger partial charge in [-0.1, -0.05) is 6.08 Å². The van der Waals surface area contributed by atoms with Gasteiger partial charge in [-0.05, 0) is 26.0 Å². The molecular weight excluding hydrogens is 242 g/mol. The largest absolute Gasteiger partial charge is 0.276 e. The molecule has 0 aromatic carbocycles. The topological polar surface area (TPSA) is 94.3 Å². The highest BCUT2D eigenvalue weighted by Crippen LogP contribution is 2.18. The summed E-state index contributed by atoms with van der Waals surface area (Å²) in [7, 11) is -3.86. The van der Waals surface area contributed by atoms with Crippen LogP contribution in [-0.4, -0.2) is 20.0 Å². The van der Waals surface area contributed by atoms with Crippen LogP contribution < -0.4 is 10.6 Å². The van der Waals surface area contributed by atoms with Crippen LogP contribution in [0.2, 0.25) is 0 Å². The number of rotatable bonds is 5. The Labute approximate surface area is 101 Å². The van der Waals surface area contributed by atoms with E-state index < -0.39 is 10.0 Å². The van der Waals surface area contributed by atoms with E-state index in [0.717, 1.165) is 0 Å². The van der Waals surface area contributed by atoms with E-state index in [-0.39, 0.29) is 5.03 Å². The van der Waals surface area contributed by atoms with Crippen molar-refractivity contribution in [3.05, 3.63) is 30.0 Å². The van der Waals surface area contributed by atoms with Crippen molar-refractivity contribution in [2.24, 2.45) is 5.14 Å². The molecule has 94 valence electrons. The summed E-state index contributed by atoms with van der Waals surface area (Å²) in [5.74, 6) is 0. The zero-order chi connectivity index (χ0) is 12.9. The Hall–Kier alpha value is -1.44. The first kappa shape index (κ1) is 13.6. The number of aromatic nitrogens is 1. The molecule has 0 amide bonds. The minimum atomic E-state index is -3.86. The van der Waals surface area contributed by atoms with E-state index in [1.165, 1.54) is 6.20 Å². The molecule has 0 bridgehead atoms. The highest BCUT2D eigenvalue weighted by atomic mass is 32.2. The normalized spacial score (nSPS) is 12.5. The minimum Gasteiger partial charge on any atom is -0.276 e. The Morgan fingerprint density at radius 2 is 2.35 bits per heavy atom. The van der Waals surface area contributed by atoms with Gasteiger partial charge in [0.1, 0.15) is 0 Å². The Morgan fingerprint density at radius 1 is 1.65 bits per heavy atom. The molecule has 1 aromatic heterocycles. The Balaban J connectivity index is 3.21. The van der Waals surface area contributed by atoms with Crippen molar-refractivity contribution < 1.29 is 13.3 Å². The molecule has 0 saturated carbocycles. The first-order chi connectivity index (χ1) is 8.00. The van der Waals surface area contributed by atoms with E-state index in [2.05, 4.69) is 10.5 Å². The zero-order valence-corrected chi connectivity index (χ0v) is 10.5. The summed E-state index contributed by atoms with van der Waals surface area (Å²) in [6, 6.07) is 3.23. The van der Waals surface area contributed by atoms with Crippen LogP contribution in [0.25, 0.3) is 5.70 Å². The van der Waals surface area contributed by atoms with Crippen molar-refractivity contribution in [2.45, 2.75) is 18.9 Å². The number of nitrogens with zero attached hydrogens (tertiary/aromatic N) is 1. The highest BCUT2D eigenvalue weighted by Gasteiger charge is 2.17. The lowest BCUT2D eigenvalue weighted by molar-refractivity contribution is 0.0897. The molecule has 0 aliphatic carbocycles. The average Bonchev–Trinajstić information content (AvgIpc) is 2.29. The summed E-state index contributed by atoms with van der Waals surface area (Å²) in [5, 5.41) is 4.91. The predicted octanol–water partition coefficient (Wildman–Crippen LogP) is 0.631. The van der Waals surface area contributed by atoms with Crippen LogP contribution in [0.4, 0.5) is 0 Å². The summed E-state index contributed by atoms with van der Waals surface area (Å²) in [6.07, 6.45) is 3.05. The number of hydroxylamine groups is 1. The third-order valence-corrected chi connectivity index (χ3v) is 2.81. The van der Waals surface area contributed by atoms with Gasteiger partial charge in [0, 0.05) is 11.8 Å². The molecule has 0 fully saturated rings. The smallest absolute Gasteiger partial charge is 0.256 e. The summed E-state index contributed by atoms with van der Waals surface area (Å²) in [5.41, 5.74) is 3.53. The Bertz CT molecular complexity index is 511. The van der Waals surface area contributed by atoms with Gasteiger partial charge in [0.15, 0.2) is 5.03 Å². The van der Waals surface area contributed by atoms with Gasteiger partial charge in [0.25, 0.3) is 10.0 Å². The van der Waals surface area contributed by atoms with Crippen LogP contribution in [-0.2, 0) is 14.9 Å². The number of pyridine rings is 1. The molecule has 0 unspecified atom stereocenters. The van der Waals surface area contributed by atoms with Crippen molar-refractivity contribution in [2.75, 3.05) is 6.61 Å². The zero-order valence-electron chi connectivity index (χ0n) is 9.67. The molecule has 3 N–H and O–H groups in total. The lowest BCUT2D eigenvalue weighted by Crippen LogP contribution is -2.20. The highest BCUT2D eigenvalue weighted by molar-refractivity contribution is 7.89.